The van der Waals surface area contributed by atoms with Gasteiger partial charge < -0.3 is 10.1 Å². The molecule has 3 aromatic rings. The molecule has 2 N–H and O–H groups in total. The van der Waals surface area contributed by atoms with Gasteiger partial charge in [-0.3, -0.25) is 4.79 Å². The van der Waals surface area contributed by atoms with Gasteiger partial charge in [0.05, 0.1) is 11.7 Å². The van der Waals surface area contributed by atoms with E-state index in [1.807, 2.05) is 0 Å². The Hall–Kier alpha value is -2.04. The number of phenolic OH excluding ortho intramolecular Hbond substituents is 1. The first-order chi connectivity index (χ1) is 9.56. The highest BCUT2D eigenvalue weighted by Crippen LogP contribution is 2.34. The molecule has 2 aromatic carbocycles. The van der Waals surface area contributed by atoms with E-state index >= 15 is 0 Å². The number of nitrogens with one attached hydrogen (secondary N) is 1. The Labute approximate surface area is 123 Å². The van der Waals surface area contributed by atoms with Gasteiger partial charge in [0, 0.05) is 15.6 Å². The molecule has 0 radical (unpaired) electrons. The molecule has 0 unspecified atom stereocenters. The van der Waals surface area contributed by atoms with Crippen LogP contribution in [0, 0.1) is 0 Å². The van der Waals surface area contributed by atoms with Crippen molar-refractivity contribution in [2.24, 2.45) is 0 Å². The molecular formula is C14H8Cl2N2O2. The number of aromatic amines is 1. The van der Waals surface area contributed by atoms with Crippen molar-refractivity contribution < 1.29 is 5.11 Å². The van der Waals surface area contributed by atoms with Crippen LogP contribution in [0.15, 0.2) is 41.5 Å². The summed E-state index contributed by atoms with van der Waals surface area (Å²) in [5, 5.41) is 11.3. The first kappa shape index (κ1) is 13.0. The Morgan fingerprint density at radius 1 is 1.15 bits per heavy atom. The highest BCUT2D eigenvalue weighted by atomic mass is 35.5. The van der Waals surface area contributed by atoms with Gasteiger partial charge >= 0.3 is 0 Å². The zero-order chi connectivity index (χ0) is 14.3. The van der Waals surface area contributed by atoms with Gasteiger partial charge in [0.1, 0.15) is 11.3 Å². The highest BCUT2D eigenvalue weighted by molar-refractivity contribution is 6.35. The first-order valence-electron chi connectivity index (χ1n) is 5.72. The molecule has 0 fully saturated rings. The first-order valence-corrected chi connectivity index (χ1v) is 6.47. The van der Waals surface area contributed by atoms with Crippen LogP contribution < -0.4 is 5.56 Å². The smallest absolute Gasteiger partial charge is 0.258 e. The number of benzene rings is 2. The number of H-pyrrole nitrogens is 1. The topological polar surface area (TPSA) is 66.0 Å². The van der Waals surface area contributed by atoms with E-state index < -0.39 is 0 Å². The van der Waals surface area contributed by atoms with Gasteiger partial charge in [-0.15, -0.1) is 0 Å². The number of nitrogens with zero attached hydrogens (tertiary/aromatic N) is 1. The Morgan fingerprint density at radius 2 is 1.95 bits per heavy atom. The number of halogens is 2. The average molecular weight is 307 g/mol. The number of hydrogen-bond acceptors (Lipinski definition) is 3. The predicted octanol–water partition coefficient (Wildman–Crippen LogP) is 3.60. The normalized spacial score (nSPS) is 10.9. The van der Waals surface area contributed by atoms with Crippen LogP contribution in [-0.4, -0.2) is 15.1 Å². The van der Waals surface area contributed by atoms with Crippen molar-refractivity contribution in [2.45, 2.75) is 0 Å². The lowest BCUT2D eigenvalue weighted by Crippen LogP contribution is -2.06. The fraction of sp³-hybridized carbons (Fsp3) is 0. The van der Waals surface area contributed by atoms with Crippen LogP contribution in [0.3, 0.4) is 0 Å². The minimum atomic E-state index is -0.328. The molecule has 0 aliphatic rings. The molecule has 3 rings (SSSR count). The van der Waals surface area contributed by atoms with Gasteiger partial charge in [-0.1, -0.05) is 23.2 Å². The summed E-state index contributed by atoms with van der Waals surface area (Å²) < 4.78 is 0. The molecule has 0 aliphatic heterocycles. The lowest BCUT2D eigenvalue weighted by molar-refractivity contribution is 0.480. The Bertz CT molecular complexity index is 875. The van der Waals surface area contributed by atoms with E-state index in [0.29, 0.717) is 26.6 Å². The second-order valence-electron chi connectivity index (χ2n) is 4.25. The highest BCUT2D eigenvalue weighted by Gasteiger charge is 2.11. The van der Waals surface area contributed by atoms with Crippen molar-refractivity contribution in [1.29, 1.82) is 0 Å². The fourth-order valence-electron chi connectivity index (χ4n) is 2.04. The SMILES string of the molecule is O=c1[nH]cnc2c(O)cc(-c3cc(Cl)ccc3Cl)cc12. The molecule has 0 aliphatic carbocycles. The molecular weight excluding hydrogens is 299 g/mol. The number of phenols is 1. The molecule has 0 amide bonds. The molecule has 0 saturated carbocycles. The Kier molecular flexibility index (Phi) is 3.12. The second-order valence-corrected chi connectivity index (χ2v) is 5.09. The van der Waals surface area contributed by atoms with Gasteiger partial charge in [-0.25, -0.2) is 4.98 Å². The molecule has 0 atom stereocenters. The zero-order valence-electron chi connectivity index (χ0n) is 10.0. The number of aromatic hydroxyl groups is 1. The summed E-state index contributed by atoms with van der Waals surface area (Å²) in [6.07, 6.45) is 1.25. The van der Waals surface area contributed by atoms with Crippen LogP contribution in [-0.2, 0) is 0 Å². The molecule has 1 aromatic heterocycles. The van der Waals surface area contributed by atoms with E-state index in [1.165, 1.54) is 12.4 Å². The summed E-state index contributed by atoms with van der Waals surface area (Å²) >= 11 is 12.1. The molecule has 20 heavy (non-hydrogen) atoms. The third-order valence-corrected chi connectivity index (χ3v) is 3.53. The minimum Gasteiger partial charge on any atom is -0.506 e. The van der Waals surface area contributed by atoms with Crippen LogP contribution in [0.4, 0.5) is 0 Å². The van der Waals surface area contributed by atoms with Gasteiger partial charge in [-0.2, -0.15) is 0 Å². The maximum absolute atomic E-state index is 11.8. The largest absolute Gasteiger partial charge is 0.506 e. The summed E-state index contributed by atoms with van der Waals surface area (Å²) in [6, 6.07) is 8.14. The molecule has 0 bridgehead atoms. The van der Waals surface area contributed by atoms with Gasteiger partial charge in [0.25, 0.3) is 5.56 Å². The summed E-state index contributed by atoms with van der Waals surface area (Å²) in [4.78, 5) is 18.2. The van der Waals surface area contributed by atoms with E-state index in [4.69, 9.17) is 23.2 Å². The third kappa shape index (κ3) is 2.13. The number of rotatable bonds is 1. The standard InChI is InChI=1S/C14H8Cl2N2O2/c15-8-1-2-11(16)9(5-8)7-3-10-13(12(19)4-7)17-6-18-14(10)20/h1-6,19H,(H,17,18,20). The molecule has 1 heterocycles. The van der Waals surface area contributed by atoms with Crippen LogP contribution in [0.1, 0.15) is 0 Å². The summed E-state index contributed by atoms with van der Waals surface area (Å²) in [6.45, 7) is 0. The van der Waals surface area contributed by atoms with Crippen LogP contribution in [0.5, 0.6) is 5.75 Å². The summed E-state index contributed by atoms with van der Waals surface area (Å²) in [5.74, 6) is -0.0837. The van der Waals surface area contributed by atoms with Crippen molar-refractivity contribution in [3.05, 3.63) is 57.1 Å². The van der Waals surface area contributed by atoms with Gasteiger partial charge in [-0.05, 0) is 35.9 Å². The van der Waals surface area contributed by atoms with Crippen molar-refractivity contribution in [3.63, 3.8) is 0 Å². The van der Waals surface area contributed by atoms with Crippen LogP contribution >= 0.6 is 23.2 Å². The van der Waals surface area contributed by atoms with E-state index in [1.54, 1.807) is 24.3 Å². The number of hydrogen-bond donors (Lipinski definition) is 2. The molecule has 0 spiro atoms. The predicted molar refractivity (Wildman–Crippen MR) is 79.5 cm³/mol. The molecule has 100 valence electrons. The maximum Gasteiger partial charge on any atom is 0.258 e. The van der Waals surface area contributed by atoms with E-state index in [-0.39, 0.29) is 16.8 Å². The monoisotopic (exact) mass is 306 g/mol. The third-order valence-electron chi connectivity index (χ3n) is 2.96. The maximum atomic E-state index is 11.8. The lowest BCUT2D eigenvalue weighted by Gasteiger charge is -2.07. The van der Waals surface area contributed by atoms with E-state index in [0.717, 1.165) is 0 Å². The molecule has 6 heteroatoms. The van der Waals surface area contributed by atoms with Gasteiger partial charge in [0.15, 0.2) is 0 Å². The average Bonchev–Trinajstić information content (AvgIpc) is 2.42. The Morgan fingerprint density at radius 3 is 2.75 bits per heavy atom. The molecule has 4 nitrogen and oxygen atoms in total. The lowest BCUT2D eigenvalue weighted by atomic mass is 10.0. The van der Waals surface area contributed by atoms with Crippen LogP contribution in [0.25, 0.3) is 22.0 Å². The fourth-order valence-corrected chi connectivity index (χ4v) is 2.43. The van der Waals surface area contributed by atoms with Crippen molar-refractivity contribution in [3.8, 4) is 16.9 Å². The zero-order valence-corrected chi connectivity index (χ0v) is 11.5. The minimum absolute atomic E-state index is 0.0837. The van der Waals surface area contributed by atoms with Crippen molar-refractivity contribution >= 4 is 34.1 Å². The molecule has 0 saturated heterocycles. The summed E-state index contributed by atoms with van der Waals surface area (Å²) in [5.41, 5.74) is 1.15. The Balaban J connectivity index is 2.35. The van der Waals surface area contributed by atoms with E-state index in [2.05, 4.69) is 9.97 Å². The van der Waals surface area contributed by atoms with Crippen molar-refractivity contribution in [1.82, 2.24) is 9.97 Å². The second kappa shape index (κ2) is 4.81. The number of fused-ring (bicyclic) bond motifs is 1. The van der Waals surface area contributed by atoms with Gasteiger partial charge in [0.2, 0.25) is 0 Å². The van der Waals surface area contributed by atoms with Crippen LogP contribution in [0.2, 0.25) is 10.0 Å². The summed E-state index contributed by atoms with van der Waals surface area (Å²) in [7, 11) is 0. The number of aromatic nitrogens is 2. The quantitative estimate of drug-likeness (QED) is 0.722. The van der Waals surface area contributed by atoms with E-state index in [9.17, 15) is 9.90 Å². The van der Waals surface area contributed by atoms with Crippen molar-refractivity contribution in [2.75, 3.05) is 0 Å².